The predicted molar refractivity (Wildman–Crippen MR) is 73.9 cm³/mol. The molecule has 0 bridgehead atoms. The molecular weight excluding hydrogens is 266 g/mol. The van der Waals surface area contributed by atoms with Crippen molar-refractivity contribution in [1.29, 1.82) is 0 Å². The summed E-state index contributed by atoms with van der Waals surface area (Å²) in [5, 5.41) is 0. The largest absolute Gasteiger partial charge is 0.381 e. The van der Waals surface area contributed by atoms with Crippen molar-refractivity contribution in [1.82, 2.24) is 9.03 Å². The Morgan fingerprint density at radius 3 is 2.21 bits per heavy atom. The van der Waals surface area contributed by atoms with Crippen molar-refractivity contribution >= 4 is 10.2 Å². The van der Waals surface area contributed by atoms with Gasteiger partial charge < -0.3 is 10.5 Å². The average Bonchev–Trinajstić information content (AvgIpc) is 2.69. The maximum absolute atomic E-state index is 12.5. The molecule has 0 saturated carbocycles. The normalized spacial score (nSPS) is 25.9. The Labute approximate surface area is 115 Å². The smallest absolute Gasteiger partial charge is 0.280 e. The average molecular weight is 291 g/mol. The van der Waals surface area contributed by atoms with Crippen molar-refractivity contribution in [2.45, 2.75) is 44.1 Å². The summed E-state index contributed by atoms with van der Waals surface area (Å²) in [5.41, 5.74) is 5.28. The summed E-state index contributed by atoms with van der Waals surface area (Å²) < 4.78 is 34.7. The maximum atomic E-state index is 12.5. The molecule has 19 heavy (non-hydrogen) atoms. The van der Waals surface area contributed by atoms with Gasteiger partial charge in [0, 0.05) is 32.8 Å². The molecule has 0 aromatic heterocycles. The van der Waals surface area contributed by atoms with Gasteiger partial charge in [-0.2, -0.15) is 17.4 Å². The zero-order valence-corrected chi connectivity index (χ0v) is 12.3. The highest BCUT2D eigenvalue weighted by molar-refractivity contribution is 7.87. The van der Waals surface area contributed by atoms with E-state index in [1.807, 2.05) is 0 Å². The molecule has 0 aromatic carbocycles. The molecule has 2 heterocycles. The Morgan fingerprint density at radius 1 is 1.11 bits per heavy atom. The number of hydrogen-bond acceptors (Lipinski definition) is 4. The lowest BCUT2D eigenvalue weighted by atomic mass is 9.92. The monoisotopic (exact) mass is 291 g/mol. The summed E-state index contributed by atoms with van der Waals surface area (Å²) in [6.45, 7) is 2.70. The molecule has 2 fully saturated rings. The van der Waals surface area contributed by atoms with E-state index in [9.17, 15) is 8.42 Å². The second-order valence-corrected chi connectivity index (χ2v) is 7.19. The topological polar surface area (TPSA) is 84.7 Å². The molecule has 0 aliphatic carbocycles. The maximum Gasteiger partial charge on any atom is 0.280 e. The highest BCUT2D eigenvalue weighted by Crippen LogP contribution is 2.22. The van der Waals surface area contributed by atoms with Crippen LogP contribution in [0.25, 0.3) is 0 Å². The fraction of sp³-hybridized carbons (Fsp3) is 1.00. The van der Waals surface area contributed by atoms with Crippen LogP contribution in [0.5, 0.6) is 0 Å². The second-order valence-electron chi connectivity index (χ2n) is 5.52. The molecule has 112 valence electrons. The van der Waals surface area contributed by atoms with Crippen LogP contribution in [0, 0.1) is 0 Å². The van der Waals surface area contributed by atoms with Crippen LogP contribution in [0.3, 0.4) is 0 Å². The molecule has 0 radical (unpaired) electrons. The Balaban J connectivity index is 2.05. The molecule has 2 aliphatic rings. The van der Waals surface area contributed by atoms with E-state index in [0.717, 1.165) is 25.7 Å². The number of ether oxygens (including phenoxy) is 1. The highest BCUT2D eigenvalue weighted by Gasteiger charge is 2.37. The van der Waals surface area contributed by atoms with Crippen LogP contribution in [0.4, 0.5) is 0 Å². The quantitative estimate of drug-likeness (QED) is 0.775. The van der Waals surface area contributed by atoms with Crippen molar-refractivity contribution in [3.05, 3.63) is 0 Å². The van der Waals surface area contributed by atoms with Gasteiger partial charge in [0.05, 0.1) is 5.54 Å². The zero-order valence-electron chi connectivity index (χ0n) is 11.4. The molecule has 0 atom stereocenters. The molecule has 2 aliphatic heterocycles. The lowest BCUT2D eigenvalue weighted by Gasteiger charge is -2.38. The van der Waals surface area contributed by atoms with E-state index in [4.69, 9.17) is 10.5 Å². The molecule has 0 spiro atoms. The fourth-order valence-electron chi connectivity index (χ4n) is 2.73. The fourth-order valence-corrected chi connectivity index (χ4v) is 4.43. The second kappa shape index (κ2) is 6.49. The molecule has 0 aromatic rings. The van der Waals surface area contributed by atoms with E-state index >= 15 is 0 Å². The summed E-state index contributed by atoms with van der Waals surface area (Å²) >= 11 is 0. The van der Waals surface area contributed by atoms with E-state index < -0.39 is 15.7 Å². The van der Waals surface area contributed by atoms with Crippen LogP contribution in [0.2, 0.25) is 0 Å². The Hall–Kier alpha value is -0.210. The third-order valence-corrected chi connectivity index (χ3v) is 5.83. The van der Waals surface area contributed by atoms with Crippen LogP contribution in [0.15, 0.2) is 0 Å². The molecule has 0 unspecified atom stereocenters. The lowest BCUT2D eigenvalue weighted by molar-refractivity contribution is 0.0495. The molecule has 0 amide bonds. The first-order valence-electron chi connectivity index (χ1n) is 7.15. The molecule has 2 saturated heterocycles. The van der Waals surface area contributed by atoms with Crippen molar-refractivity contribution in [3.63, 3.8) is 0 Å². The number of nitrogens with zero attached hydrogens (tertiary/aromatic N) is 1. The summed E-state index contributed by atoms with van der Waals surface area (Å²) in [6, 6.07) is 0. The summed E-state index contributed by atoms with van der Waals surface area (Å²) in [5.74, 6) is 0. The molecule has 2 rings (SSSR count). The van der Waals surface area contributed by atoms with Gasteiger partial charge in [-0.25, -0.2) is 0 Å². The Bertz CT molecular complexity index is 372. The Morgan fingerprint density at radius 2 is 1.68 bits per heavy atom. The van der Waals surface area contributed by atoms with E-state index in [1.165, 1.54) is 0 Å². The first-order valence-corrected chi connectivity index (χ1v) is 8.59. The van der Waals surface area contributed by atoms with Crippen molar-refractivity contribution < 1.29 is 13.2 Å². The van der Waals surface area contributed by atoms with Gasteiger partial charge in [0.15, 0.2) is 0 Å². The van der Waals surface area contributed by atoms with E-state index in [1.54, 1.807) is 4.31 Å². The van der Waals surface area contributed by atoms with Gasteiger partial charge in [-0.1, -0.05) is 12.8 Å². The summed E-state index contributed by atoms with van der Waals surface area (Å²) in [7, 11) is -3.43. The third kappa shape index (κ3) is 3.88. The molecule has 6 nitrogen and oxygen atoms in total. The zero-order chi connectivity index (χ0) is 13.8. The molecular formula is C12H25N3O3S. The lowest BCUT2D eigenvalue weighted by Crippen LogP contribution is -2.59. The Kier molecular flexibility index (Phi) is 5.19. The van der Waals surface area contributed by atoms with Crippen LogP contribution in [-0.2, 0) is 14.9 Å². The van der Waals surface area contributed by atoms with Crippen LogP contribution < -0.4 is 10.5 Å². The first-order chi connectivity index (χ1) is 9.08. The minimum atomic E-state index is -3.43. The van der Waals surface area contributed by atoms with Crippen molar-refractivity contribution in [2.75, 3.05) is 32.8 Å². The van der Waals surface area contributed by atoms with E-state index in [0.29, 0.717) is 45.7 Å². The number of rotatable bonds is 4. The van der Waals surface area contributed by atoms with Gasteiger partial charge in [0.25, 0.3) is 10.2 Å². The molecule has 7 heteroatoms. The van der Waals surface area contributed by atoms with Gasteiger partial charge in [-0.05, 0) is 25.7 Å². The minimum absolute atomic E-state index is 0.323. The van der Waals surface area contributed by atoms with Gasteiger partial charge in [-0.15, -0.1) is 0 Å². The van der Waals surface area contributed by atoms with Gasteiger partial charge in [-0.3, -0.25) is 0 Å². The van der Waals surface area contributed by atoms with Crippen molar-refractivity contribution in [3.8, 4) is 0 Å². The summed E-state index contributed by atoms with van der Waals surface area (Å²) in [4.78, 5) is 0. The van der Waals surface area contributed by atoms with Crippen molar-refractivity contribution in [2.24, 2.45) is 5.73 Å². The number of nitrogens with two attached hydrogens (primary N) is 1. The van der Waals surface area contributed by atoms with E-state index in [-0.39, 0.29) is 0 Å². The first kappa shape index (κ1) is 15.2. The standard InChI is InChI=1S/C12H25N3O3S/c13-11-12(5-9-18-10-6-12)14-19(16,17)15-7-3-1-2-4-8-15/h14H,1-11,13H2. The van der Waals surface area contributed by atoms with Gasteiger partial charge >= 0.3 is 0 Å². The predicted octanol–water partition coefficient (Wildman–Crippen LogP) is 0.205. The van der Waals surface area contributed by atoms with Gasteiger partial charge in [0.2, 0.25) is 0 Å². The van der Waals surface area contributed by atoms with Gasteiger partial charge in [0.1, 0.15) is 0 Å². The van der Waals surface area contributed by atoms with Crippen LogP contribution in [-0.4, -0.2) is 51.1 Å². The summed E-state index contributed by atoms with van der Waals surface area (Å²) in [6.07, 6.45) is 5.41. The number of nitrogens with one attached hydrogen (secondary N) is 1. The van der Waals surface area contributed by atoms with Crippen LogP contribution in [0.1, 0.15) is 38.5 Å². The number of hydrogen-bond donors (Lipinski definition) is 2. The highest BCUT2D eigenvalue weighted by atomic mass is 32.2. The third-order valence-electron chi connectivity index (χ3n) is 4.09. The minimum Gasteiger partial charge on any atom is -0.381 e. The SMILES string of the molecule is NCC1(NS(=O)(=O)N2CCCCCC2)CCOCC1. The molecule has 3 N–H and O–H groups in total. The van der Waals surface area contributed by atoms with Crippen LogP contribution >= 0.6 is 0 Å². The van der Waals surface area contributed by atoms with E-state index in [2.05, 4.69) is 4.72 Å².